The lowest BCUT2D eigenvalue weighted by molar-refractivity contribution is -0.153. The van der Waals surface area contributed by atoms with E-state index in [0.29, 0.717) is 12.0 Å². The number of aliphatic hydroxyl groups is 1. The van der Waals surface area contributed by atoms with Gasteiger partial charge in [-0.15, -0.1) is 0 Å². The van der Waals surface area contributed by atoms with Gasteiger partial charge in [-0.1, -0.05) is 13.8 Å². The number of hydrogen-bond donors (Lipinski definition) is 1. The van der Waals surface area contributed by atoms with E-state index in [1.165, 1.54) is 0 Å². The smallest absolute Gasteiger partial charge is 0.111 e. The number of ether oxygens (including phenoxy) is 1. The maximum absolute atomic E-state index is 10.6. The van der Waals surface area contributed by atoms with Crippen LogP contribution in [-0.2, 0) is 4.74 Å². The Morgan fingerprint density at radius 2 is 2.00 bits per heavy atom. The van der Waals surface area contributed by atoms with Gasteiger partial charge in [0.25, 0.3) is 0 Å². The molecule has 0 bridgehead atoms. The van der Waals surface area contributed by atoms with Crippen molar-refractivity contribution in [2.24, 2.45) is 5.41 Å². The summed E-state index contributed by atoms with van der Waals surface area (Å²) in [5.74, 6) is 0. The van der Waals surface area contributed by atoms with Crippen LogP contribution in [0.4, 0.5) is 0 Å². The molecule has 1 N–H and O–H groups in total. The van der Waals surface area contributed by atoms with Crippen LogP contribution in [0, 0.1) is 5.41 Å². The predicted octanol–water partition coefficient (Wildman–Crippen LogP) is 3.69. The van der Waals surface area contributed by atoms with E-state index in [-0.39, 0.29) is 0 Å². The van der Waals surface area contributed by atoms with Gasteiger partial charge in [-0.25, -0.2) is 0 Å². The highest BCUT2D eigenvalue weighted by atomic mass is 16.5. The second-order valence-electron chi connectivity index (χ2n) is 6.12. The molecule has 1 saturated carbocycles. The standard InChI is InChI=1S/C15H24O3/c1-4-18-15(8-6-14(2,3)7-9-15)13(16)12-5-10-17-11-12/h5,10-11,13,16H,4,6-9H2,1-3H3. The molecule has 0 saturated heterocycles. The van der Waals surface area contributed by atoms with E-state index in [1.54, 1.807) is 12.5 Å². The minimum atomic E-state index is -0.590. The molecule has 102 valence electrons. The van der Waals surface area contributed by atoms with Crippen LogP contribution in [-0.4, -0.2) is 17.3 Å². The molecule has 0 amide bonds. The SMILES string of the molecule is CCOC1(C(O)c2ccoc2)CCC(C)(C)CC1. The molecule has 3 heteroatoms. The fourth-order valence-electron chi connectivity index (χ4n) is 2.87. The zero-order valence-electron chi connectivity index (χ0n) is 11.6. The molecule has 1 heterocycles. The first-order valence-corrected chi connectivity index (χ1v) is 6.83. The quantitative estimate of drug-likeness (QED) is 0.888. The van der Waals surface area contributed by atoms with Gasteiger partial charge in [0.05, 0.1) is 18.1 Å². The zero-order valence-corrected chi connectivity index (χ0v) is 11.6. The predicted molar refractivity (Wildman–Crippen MR) is 70.3 cm³/mol. The number of rotatable bonds is 4. The van der Waals surface area contributed by atoms with E-state index >= 15 is 0 Å². The number of hydrogen-bond acceptors (Lipinski definition) is 3. The summed E-state index contributed by atoms with van der Waals surface area (Å²) < 4.78 is 11.0. The monoisotopic (exact) mass is 252 g/mol. The van der Waals surface area contributed by atoms with Crippen molar-refractivity contribution in [1.29, 1.82) is 0 Å². The minimum absolute atomic E-state index is 0.358. The van der Waals surface area contributed by atoms with Gasteiger partial charge in [-0.05, 0) is 44.1 Å². The Balaban J connectivity index is 2.17. The van der Waals surface area contributed by atoms with Crippen LogP contribution >= 0.6 is 0 Å². The van der Waals surface area contributed by atoms with Crippen LogP contribution in [0.1, 0.15) is 58.1 Å². The molecule has 3 nitrogen and oxygen atoms in total. The Kier molecular flexibility index (Phi) is 3.83. The van der Waals surface area contributed by atoms with E-state index in [4.69, 9.17) is 9.15 Å². The summed E-state index contributed by atoms with van der Waals surface area (Å²) >= 11 is 0. The molecule has 1 aromatic heterocycles. The van der Waals surface area contributed by atoms with Gasteiger partial charge < -0.3 is 14.3 Å². The van der Waals surface area contributed by atoms with Crippen molar-refractivity contribution in [3.05, 3.63) is 24.2 Å². The van der Waals surface area contributed by atoms with Gasteiger partial charge in [-0.3, -0.25) is 0 Å². The lowest BCUT2D eigenvalue weighted by atomic mass is 9.68. The Morgan fingerprint density at radius 3 is 2.50 bits per heavy atom. The molecule has 1 aliphatic carbocycles. The lowest BCUT2D eigenvalue weighted by Gasteiger charge is -2.45. The molecule has 1 aliphatic rings. The second kappa shape index (κ2) is 5.06. The third-order valence-electron chi connectivity index (χ3n) is 4.24. The molecule has 1 unspecified atom stereocenters. The molecular weight excluding hydrogens is 228 g/mol. The Hall–Kier alpha value is -0.800. The fraction of sp³-hybridized carbons (Fsp3) is 0.733. The van der Waals surface area contributed by atoms with Gasteiger partial charge in [0.1, 0.15) is 6.10 Å². The van der Waals surface area contributed by atoms with Crippen LogP contribution < -0.4 is 0 Å². The van der Waals surface area contributed by atoms with Crippen molar-refractivity contribution in [3.63, 3.8) is 0 Å². The molecule has 0 spiro atoms. The minimum Gasteiger partial charge on any atom is -0.472 e. The average Bonchev–Trinajstić information content (AvgIpc) is 2.85. The molecule has 1 atom stereocenters. The van der Waals surface area contributed by atoms with Crippen molar-refractivity contribution in [1.82, 2.24) is 0 Å². The first-order chi connectivity index (χ1) is 8.49. The normalized spacial score (nSPS) is 23.8. The third-order valence-corrected chi connectivity index (χ3v) is 4.24. The van der Waals surface area contributed by atoms with Gasteiger partial charge in [0.15, 0.2) is 0 Å². The van der Waals surface area contributed by atoms with Gasteiger partial charge >= 0.3 is 0 Å². The van der Waals surface area contributed by atoms with Crippen molar-refractivity contribution in [3.8, 4) is 0 Å². The fourth-order valence-corrected chi connectivity index (χ4v) is 2.87. The highest BCUT2D eigenvalue weighted by molar-refractivity contribution is 5.15. The summed E-state index contributed by atoms with van der Waals surface area (Å²) in [4.78, 5) is 0. The average molecular weight is 252 g/mol. The summed E-state index contributed by atoms with van der Waals surface area (Å²) in [6.07, 6.45) is 6.60. The summed E-state index contributed by atoms with van der Waals surface area (Å²) in [7, 11) is 0. The third kappa shape index (κ3) is 2.62. The van der Waals surface area contributed by atoms with Crippen LogP contribution in [0.5, 0.6) is 0 Å². The molecule has 1 aromatic rings. The van der Waals surface area contributed by atoms with Gasteiger partial charge in [-0.2, -0.15) is 0 Å². The second-order valence-corrected chi connectivity index (χ2v) is 6.12. The number of aliphatic hydroxyl groups excluding tert-OH is 1. The first-order valence-electron chi connectivity index (χ1n) is 6.83. The molecule has 1 fully saturated rings. The molecular formula is C15H24O3. The summed E-state index contributed by atoms with van der Waals surface area (Å²) in [6.45, 7) is 7.19. The van der Waals surface area contributed by atoms with Crippen LogP contribution in [0.15, 0.2) is 23.0 Å². The van der Waals surface area contributed by atoms with E-state index < -0.39 is 11.7 Å². The number of furan rings is 1. The summed E-state index contributed by atoms with van der Waals surface area (Å²) in [5, 5.41) is 10.6. The van der Waals surface area contributed by atoms with E-state index in [0.717, 1.165) is 31.2 Å². The summed E-state index contributed by atoms with van der Waals surface area (Å²) in [5.41, 5.74) is 0.744. The lowest BCUT2D eigenvalue weighted by Crippen LogP contribution is -2.44. The van der Waals surface area contributed by atoms with Gasteiger partial charge in [0.2, 0.25) is 0 Å². The van der Waals surface area contributed by atoms with Crippen molar-refractivity contribution >= 4 is 0 Å². The maximum Gasteiger partial charge on any atom is 0.111 e. The largest absolute Gasteiger partial charge is 0.472 e. The van der Waals surface area contributed by atoms with Crippen molar-refractivity contribution < 1.29 is 14.3 Å². The van der Waals surface area contributed by atoms with Crippen molar-refractivity contribution in [2.75, 3.05) is 6.61 Å². The van der Waals surface area contributed by atoms with E-state index in [2.05, 4.69) is 13.8 Å². The molecule has 0 radical (unpaired) electrons. The molecule has 18 heavy (non-hydrogen) atoms. The highest BCUT2D eigenvalue weighted by Crippen LogP contribution is 2.47. The van der Waals surface area contributed by atoms with Gasteiger partial charge in [0, 0.05) is 12.2 Å². The highest BCUT2D eigenvalue weighted by Gasteiger charge is 2.45. The van der Waals surface area contributed by atoms with Crippen LogP contribution in [0.3, 0.4) is 0 Å². The first kappa shape index (κ1) is 13.6. The van der Waals surface area contributed by atoms with E-state index in [9.17, 15) is 5.11 Å². The molecule has 0 aromatic carbocycles. The molecule has 2 rings (SSSR count). The Labute approximate surface area is 109 Å². The molecule has 0 aliphatic heterocycles. The van der Waals surface area contributed by atoms with Crippen LogP contribution in [0.25, 0.3) is 0 Å². The Morgan fingerprint density at radius 1 is 1.33 bits per heavy atom. The van der Waals surface area contributed by atoms with E-state index in [1.807, 2.05) is 13.0 Å². The Bertz CT molecular complexity index is 357. The maximum atomic E-state index is 10.6. The van der Waals surface area contributed by atoms with Crippen LogP contribution in [0.2, 0.25) is 0 Å². The summed E-state index contributed by atoms with van der Waals surface area (Å²) in [6, 6.07) is 1.82. The topological polar surface area (TPSA) is 42.6 Å². The zero-order chi connectivity index (χ0) is 13.2. The van der Waals surface area contributed by atoms with Crippen molar-refractivity contribution in [2.45, 2.75) is 58.2 Å².